The fourth-order valence-electron chi connectivity index (χ4n) is 1.81. The molecule has 4 nitrogen and oxygen atoms in total. The fourth-order valence-corrected chi connectivity index (χ4v) is 3.05. The van der Waals surface area contributed by atoms with E-state index >= 15 is 0 Å². The average molecular weight is 217 g/mol. The fraction of sp³-hybridized carbons (Fsp3) is 0.889. The van der Waals surface area contributed by atoms with Crippen LogP contribution < -0.4 is 0 Å². The molecule has 0 bridgehead atoms. The van der Waals surface area contributed by atoms with E-state index in [1.807, 2.05) is 0 Å². The molecule has 0 spiro atoms. The maximum atomic E-state index is 11.3. The standard InChI is InChI=1S/C9H15NO3S/c10-6-7-13-14(11,12)8-9-4-2-1-3-5-9/h9H,1-5,7-8H2. The largest absolute Gasteiger partial charge is 0.268 e. The Kier molecular flexibility index (Phi) is 4.36. The van der Waals surface area contributed by atoms with Gasteiger partial charge in [-0.05, 0) is 18.8 Å². The highest BCUT2D eigenvalue weighted by Crippen LogP contribution is 2.25. The van der Waals surface area contributed by atoms with Crippen LogP contribution in [0.2, 0.25) is 0 Å². The summed E-state index contributed by atoms with van der Waals surface area (Å²) in [5.41, 5.74) is 0. The number of hydrogen-bond acceptors (Lipinski definition) is 4. The Morgan fingerprint density at radius 1 is 1.29 bits per heavy atom. The maximum Gasteiger partial charge on any atom is 0.268 e. The molecular formula is C9H15NO3S. The van der Waals surface area contributed by atoms with Gasteiger partial charge in [-0.15, -0.1) is 0 Å². The van der Waals surface area contributed by atoms with Gasteiger partial charge in [0.15, 0.2) is 6.61 Å². The van der Waals surface area contributed by atoms with Crippen molar-refractivity contribution in [3.8, 4) is 6.07 Å². The van der Waals surface area contributed by atoms with Gasteiger partial charge in [0.2, 0.25) is 0 Å². The van der Waals surface area contributed by atoms with Crippen molar-refractivity contribution >= 4 is 10.1 Å². The Morgan fingerprint density at radius 3 is 2.50 bits per heavy atom. The summed E-state index contributed by atoms with van der Waals surface area (Å²) >= 11 is 0. The molecule has 1 aliphatic rings. The van der Waals surface area contributed by atoms with Crippen LogP contribution in [-0.4, -0.2) is 20.8 Å². The van der Waals surface area contributed by atoms with Gasteiger partial charge in [-0.3, -0.25) is 4.18 Å². The second-order valence-corrected chi connectivity index (χ2v) is 5.33. The zero-order valence-electron chi connectivity index (χ0n) is 8.11. The van der Waals surface area contributed by atoms with Crippen LogP contribution in [0.4, 0.5) is 0 Å². The first kappa shape index (κ1) is 11.5. The summed E-state index contributed by atoms with van der Waals surface area (Å²) in [6.45, 7) is -0.366. The van der Waals surface area contributed by atoms with Crippen molar-refractivity contribution in [2.45, 2.75) is 32.1 Å². The molecule has 1 rings (SSSR count). The highest BCUT2D eigenvalue weighted by atomic mass is 32.2. The van der Waals surface area contributed by atoms with E-state index in [1.165, 1.54) is 6.42 Å². The summed E-state index contributed by atoms with van der Waals surface area (Å²) < 4.78 is 27.1. The molecule has 5 heteroatoms. The van der Waals surface area contributed by atoms with E-state index in [0.717, 1.165) is 25.7 Å². The third-order valence-corrected chi connectivity index (χ3v) is 3.82. The lowest BCUT2D eigenvalue weighted by molar-refractivity contribution is 0.336. The van der Waals surface area contributed by atoms with Gasteiger partial charge >= 0.3 is 0 Å². The van der Waals surface area contributed by atoms with Gasteiger partial charge in [-0.25, -0.2) is 0 Å². The summed E-state index contributed by atoms with van der Waals surface area (Å²) in [6.07, 6.45) is 5.36. The monoisotopic (exact) mass is 217 g/mol. The summed E-state index contributed by atoms with van der Waals surface area (Å²) in [7, 11) is -3.47. The molecule has 1 fully saturated rings. The lowest BCUT2D eigenvalue weighted by Crippen LogP contribution is -2.20. The van der Waals surface area contributed by atoms with Crippen molar-refractivity contribution in [2.24, 2.45) is 5.92 Å². The first-order valence-electron chi connectivity index (χ1n) is 4.88. The van der Waals surface area contributed by atoms with Gasteiger partial charge in [0.1, 0.15) is 0 Å². The lowest BCUT2D eigenvalue weighted by atomic mass is 9.91. The van der Waals surface area contributed by atoms with Crippen molar-refractivity contribution < 1.29 is 12.6 Å². The molecule has 80 valence electrons. The van der Waals surface area contributed by atoms with Gasteiger partial charge < -0.3 is 0 Å². The summed E-state index contributed by atoms with van der Waals surface area (Å²) in [5.74, 6) is 0.307. The van der Waals surface area contributed by atoms with Crippen LogP contribution in [0.15, 0.2) is 0 Å². The van der Waals surface area contributed by atoms with E-state index in [0.29, 0.717) is 0 Å². The van der Waals surface area contributed by atoms with Gasteiger partial charge in [0.25, 0.3) is 10.1 Å². The van der Waals surface area contributed by atoms with Crippen molar-refractivity contribution in [1.82, 2.24) is 0 Å². The highest BCUT2D eigenvalue weighted by Gasteiger charge is 2.21. The Balaban J connectivity index is 2.38. The Labute approximate surface area is 85.0 Å². The Bertz CT molecular complexity index is 299. The van der Waals surface area contributed by atoms with Crippen LogP contribution in [0.3, 0.4) is 0 Å². The minimum absolute atomic E-state index is 0.0781. The van der Waals surface area contributed by atoms with Crippen LogP contribution in [0, 0.1) is 17.2 Å². The van der Waals surface area contributed by atoms with E-state index in [9.17, 15) is 8.42 Å². The van der Waals surface area contributed by atoms with E-state index in [-0.39, 0.29) is 18.3 Å². The zero-order chi connectivity index (χ0) is 10.4. The minimum Gasteiger partial charge on any atom is -0.255 e. The summed E-state index contributed by atoms with van der Waals surface area (Å²) in [4.78, 5) is 0. The van der Waals surface area contributed by atoms with E-state index in [4.69, 9.17) is 5.26 Å². The van der Waals surface area contributed by atoms with Crippen molar-refractivity contribution in [1.29, 1.82) is 5.26 Å². The predicted octanol–water partition coefficient (Wildman–Crippen LogP) is 1.44. The molecule has 0 radical (unpaired) electrons. The molecule has 0 unspecified atom stereocenters. The number of nitrogens with zero attached hydrogens (tertiary/aromatic N) is 1. The van der Waals surface area contributed by atoms with E-state index in [2.05, 4.69) is 4.18 Å². The molecule has 0 atom stereocenters. The predicted molar refractivity (Wildman–Crippen MR) is 51.9 cm³/mol. The second kappa shape index (κ2) is 5.32. The smallest absolute Gasteiger partial charge is 0.255 e. The van der Waals surface area contributed by atoms with Gasteiger partial charge in [-0.1, -0.05) is 19.3 Å². The van der Waals surface area contributed by atoms with Crippen molar-refractivity contribution in [2.75, 3.05) is 12.4 Å². The van der Waals surface area contributed by atoms with Crippen LogP contribution in [-0.2, 0) is 14.3 Å². The van der Waals surface area contributed by atoms with Gasteiger partial charge in [0, 0.05) is 0 Å². The first-order valence-corrected chi connectivity index (χ1v) is 6.46. The molecule has 0 aliphatic heterocycles. The lowest BCUT2D eigenvalue weighted by Gasteiger charge is -2.20. The minimum atomic E-state index is -3.47. The number of hydrogen-bond donors (Lipinski definition) is 0. The van der Waals surface area contributed by atoms with Crippen molar-refractivity contribution in [3.05, 3.63) is 0 Å². The van der Waals surface area contributed by atoms with Crippen LogP contribution >= 0.6 is 0 Å². The van der Waals surface area contributed by atoms with Crippen LogP contribution in [0.1, 0.15) is 32.1 Å². The maximum absolute atomic E-state index is 11.3. The van der Waals surface area contributed by atoms with Crippen molar-refractivity contribution in [3.63, 3.8) is 0 Å². The molecule has 0 N–H and O–H groups in total. The highest BCUT2D eigenvalue weighted by molar-refractivity contribution is 7.86. The molecular weight excluding hydrogens is 202 g/mol. The molecule has 1 saturated carbocycles. The SMILES string of the molecule is N#CCOS(=O)(=O)CC1CCCCC1. The molecule has 0 amide bonds. The second-order valence-electron chi connectivity index (χ2n) is 3.65. The molecule has 0 aromatic rings. The molecule has 1 aliphatic carbocycles. The van der Waals surface area contributed by atoms with E-state index < -0.39 is 10.1 Å². The van der Waals surface area contributed by atoms with Gasteiger partial charge in [0.05, 0.1) is 11.8 Å². The molecule has 14 heavy (non-hydrogen) atoms. The van der Waals surface area contributed by atoms with E-state index in [1.54, 1.807) is 6.07 Å². The summed E-state index contributed by atoms with van der Waals surface area (Å²) in [6, 6.07) is 1.66. The Hall–Kier alpha value is -0.600. The zero-order valence-corrected chi connectivity index (χ0v) is 8.92. The molecule has 0 saturated heterocycles. The van der Waals surface area contributed by atoms with Crippen LogP contribution in [0.5, 0.6) is 0 Å². The molecule has 0 heterocycles. The number of nitriles is 1. The third kappa shape index (κ3) is 4.07. The first-order chi connectivity index (χ1) is 6.64. The normalized spacial score (nSPS) is 19.1. The molecule has 0 aromatic carbocycles. The number of rotatable bonds is 4. The quantitative estimate of drug-likeness (QED) is 0.668. The topological polar surface area (TPSA) is 67.2 Å². The Morgan fingerprint density at radius 2 is 1.93 bits per heavy atom. The third-order valence-electron chi connectivity index (χ3n) is 2.47. The van der Waals surface area contributed by atoms with Gasteiger partial charge in [-0.2, -0.15) is 13.7 Å². The average Bonchev–Trinajstić information content (AvgIpc) is 2.16. The molecule has 0 aromatic heterocycles. The van der Waals surface area contributed by atoms with Crippen LogP contribution in [0.25, 0.3) is 0 Å². The summed E-state index contributed by atoms with van der Waals surface area (Å²) in [5, 5.41) is 8.20.